The van der Waals surface area contributed by atoms with Crippen molar-refractivity contribution in [2.24, 2.45) is 0 Å². The summed E-state index contributed by atoms with van der Waals surface area (Å²) in [6.45, 7) is 2.93. The molecule has 0 spiro atoms. The molecule has 0 bridgehead atoms. The van der Waals surface area contributed by atoms with Gasteiger partial charge in [-0.15, -0.1) is 0 Å². The number of nitrogens with two attached hydrogens (primary N) is 1. The van der Waals surface area contributed by atoms with Crippen LogP contribution in [-0.2, 0) is 6.54 Å². The molecule has 32 heavy (non-hydrogen) atoms. The maximum Gasteiger partial charge on any atom is 0.231 e. The molecule has 4 heterocycles. The van der Waals surface area contributed by atoms with Crippen LogP contribution < -0.4 is 31.8 Å². The first-order valence-corrected chi connectivity index (χ1v) is 10.3. The Labute approximate surface area is 195 Å². The van der Waals surface area contributed by atoms with Crippen LogP contribution in [0.25, 0.3) is 17.2 Å². The molecule has 1 atom stereocenters. The molecule has 2 aromatic heterocycles. The van der Waals surface area contributed by atoms with Crippen LogP contribution in [0.15, 0.2) is 71.3 Å². The molecule has 6 rings (SSSR count). The molecule has 0 aliphatic carbocycles. The Kier molecular flexibility index (Phi) is 5.15. The summed E-state index contributed by atoms with van der Waals surface area (Å²) in [6, 6.07) is 19.1. The Morgan fingerprint density at radius 1 is 1.03 bits per heavy atom. The van der Waals surface area contributed by atoms with Crippen LogP contribution in [0.2, 0.25) is 0 Å². The molecular weight excluding hydrogens is 472 g/mol. The Hall–Kier alpha value is -3.29. The van der Waals surface area contributed by atoms with Crippen molar-refractivity contribution in [2.45, 2.75) is 19.5 Å². The largest absolute Gasteiger partial charge is 1.00 e. The highest BCUT2D eigenvalue weighted by atomic mass is 79.9. The number of Topliss-reactive ketones (excluding diaryl/α,β-unsaturated/α-hetero) is 1. The van der Waals surface area contributed by atoms with E-state index in [0.717, 1.165) is 34.0 Å². The number of rotatable bonds is 3. The summed E-state index contributed by atoms with van der Waals surface area (Å²) in [5, 5.41) is 2.09. The van der Waals surface area contributed by atoms with Gasteiger partial charge >= 0.3 is 0 Å². The van der Waals surface area contributed by atoms with Crippen LogP contribution in [0.1, 0.15) is 33.2 Å². The molecule has 0 fully saturated rings. The van der Waals surface area contributed by atoms with Crippen LogP contribution >= 0.6 is 0 Å². The lowest BCUT2D eigenvalue weighted by molar-refractivity contribution is -0.696. The molecule has 0 saturated carbocycles. The number of hydrogen-bond donors (Lipinski definition) is 1. The summed E-state index contributed by atoms with van der Waals surface area (Å²) in [5.74, 6) is 2.98. The van der Waals surface area contributed by atoms with Gasteiger partial charge in [-0.2, -0.15) is 0 Å². The predicted octanol–water partition coefficient (Wildman–Crippen LogP) is 0.779. The van der Waals surface area contributed by atoms with E-state index < -0.39 is 0 Å². The minimum atomic E-state index is -0.377. The van der Waals surface area contributed by atoms with E-state index in [1.54, 1.807) is 18.2 Å². The number of ketones is 1. The van der Waals surface area contributed by atoms with Gasteiger partial charge in [-0.05, 0) is 37.3 Å². The van der Waals surface area contributed by atoms with E-state index in [0.29, 0.717) is 23.6 Å². The minimum absolute atomic E-state index is 0. The van der Waals surface area contributed by atoms with E-state index in [4.69, 9.17) is 13.9 Å². The second-order valence-electron chi connectivity index (χ2n) is 7.86. The zero-order chi connectivity index (χ0) is 20.9. The minimum Gasteiger partial charge on any atom is -1.00 e. The average molecular weight is 493 g/mol. The number of aromatic nitrogens is 1. The van der Waals surface area contributed by atoms with Crippen molar-refractivity contribution < 1.29 is 41.0 Å². The van der Waals surface area contributed by atoms with Gasteiger partial charge in [0.25, 0.3) is 0 Å². The first kappa shape index (κ1) is 20.6. The lowest BCUT2D eigenvalue weighted by Gasteiger charge is -2.14. The van der Waals surface area contributed by atoms with Crippen LogP contribution in [0.3, 0.4) is 0 Å². The highest BCUT2D eigenvalue weighted by molar-refractivity contribution is 6.00. The molecule has 2 N–H and O–H groups in total. The monoisotopic (exact) mass is 492 g/mol. The molecule has 2 aliphatic rings. The molecular formula is C25H21BrN2O4. The maximum atomic E-state index is 13.5. The van der Waals surface area contributed by atoms with Gasteiger partial charge in [-0.3, -0.25) is 9.36 Å². The van der Waals surface area contributed by atoms with E-state index >= 15 is 0 Å². The molecule has 2 aromatic carbocycles. The van der Waals surface area contributed by atoms with Gasteiger partial charge in [-0.25, -0.2) is 0 Å². The third-order valence-electron chi connectivity index (χ3n) is 6.10. The summed E-state index contributed by atoms with van der Waals surface area (Å²) in [7, 11) is 0. The number of hydrogen-bond acceptors (Lipinski definition) is 4. The van der Waals surface area contributed by atoms with E-state index in [1.807, 2.05) is 41.1 Å². The van der Waals surface area contributed by atoms with E-state index in [1.165, 1.54) is 0 Å². The van der Waals surface area contributed by atoms with Gasteiger partial charge < -0.3 is 36.2 Å². The van der Waals surface area contributed by atoms with Crippen molar-refractivity contribution in [3.8, 4) is 28.7 Å². The molecule has 2 aliphatic heterocycles. The second-order valence-corrected chi connectivity index (χ2v) is 7.86. The normalized spacial score (nSPS) is 16.0. The Morgan fingerprint density at radius 3 is 2.69 bits per heavy atom. The van der Waals surface area contributed by atoms with Crippen molar-refractivity contribution in [3.63, 3.8) is 0 Å². The summed E-state index contributed by atoms with van der Waals surface area (Å²) in [5.41, 5.74) is 4.77. The lowest BCUT2D eigenvalue weighted by atomic mass is 10.0. The molecule has 6 nitrogen and oxygen atoms in total. The number of carbonyl (C=O) groups excluding carboxylic acids is 1. The van der Waals surface area contributed by atoms with E-state index in [2.05, 4.69) is 24.4 Å². The summed E-state index contributed by atoms with van der Waals surface area (Å²) >= 11 is 0. The molecule has 0 radical (unpaired) electrons. The van der Waals surface area contributed by atoms with Gasteiger partial charge in [0.15, 0.2) is 17.5 Å². The zero-order valence-electron chi connectivity index (χ0n) is 17.4. The Morgan fingerprint density at radius 2 is 1.84 bits per heavy atom. The predicted molar refractivity (Wildman–Crippen MR) is 113 cm³/mol. The van der Waals surface area contributed by atoms with E-state index in [9.17, 15) is 4.79 Å². The van der Waals surface area contributed by atoms with Gasteiger partial charge in [0.05, 0.1) is 11.3 Å². The average Bonchev–Trinajstić information content (AvgIpc) is 3.51. The summed E-state index contributed by atoms with van der Waals surface area (Å²) in [6.07, 6.45) is 1.96. The van der Waals surface area contributed by atoms with Gasteiger partial charge in [0.2, 0.25) is 18.5 Å². The van der Waals surface area contributed by atoms with Crippen molar-refractivity contribution in [1.29, 1.82) is 0 Å². The van der Waals surface area contributed by atoms with Gasteiger partial charge in [0, 0.05) is 22.9 Å². The van der Waals surface area contributed by atoms with Crippen LogP contribution in [0.5, 0.6) is 11.5 Å². The number of benzene rings is 2. The third-order valence-corrected chi connectivity index (χ3v) is 6.10. The summed E-state index contributed by atoms with van der Waals surface area (Å²) < 4.78 is 19.2. The standard InChI is InChI=1S/C25H20N2O4.BrH/c1-15-18-13-26-22(23(28)17-9-10-20-21(12-17)30-14-29-20)19-8-5-11-27(19)25(18)31-24(15)16-6-3-2-4-7-16;/h2-12,22,26H,13-14H2,1H3;1H. The zero-order valence-corrected chi connectivity index (χ0v) is 19.0. The van der Waals surface area contributed by atoms with Crippen molar-refractivity contribution in [2.75, 3.05) is 6.79 Å². The van der Waals surface area contributed by atoms with Gasteiger partial charge in [-0.1, -0.05) is 30.3 Å². The number of nitrogens with zero attached hydrogens (tertiary/aromatic N) is 1. The maximum absolute atomic E-state index is 13.5. The Balaban J connectivity index is 0.00000216. The van der Waals surface area contributed by atoms with Crippen LogP contribution in [0.4, 0.5) is 0 Å². The number of carbonyl (C=O) groups is 1. The van der Waals surface area contributed by atoms with Gasteiger partial charge in [0.1, 0.15) is 12.3 Å². The van der Waals surface area contributed by atoms with Crippen LogP contribution in [-0.4, -0.2) is 17.1 Å². The second kappa shape index (κ2) is 8.00. The number of ether oxygens (including phenoxy) is 2. The Bertz CT molecular complexity index is 1310. The fourth-order valence-electron chi connectivity index (χ4n) is 4.49. The quantitative estimate of drug-likeness (QED) is 0.429. The molecule has 1 unspecified atom stereocenters. The summed E-state index contributed by atoms with van der Waals surface area (Å²) in [4.78, 5) is 13.5. The highest BCUT2D eigenvalue weighted by Gasteiger charge is 2.35. The van der Waals surface area contributed by atoms with Crippen molar-refractivity contribution in [1.82, 2.24) is 4.57 Å². The number of furan rings is 1. The lowest BCUT2D eigenvalue weighted by Crippen LogP contribution is -3.00. The first-order chi connectivity index (χ1) is 15.2. The number of fused-ring (bicyclic) bond motifs is 4. The topological polar surface area (TPSA) is 70.2 Å². The molecule has 0 amide bonds. The van der Waals surface area contributed by atoms with Crippen molar-refractivity contribution >= 4 is 5.78 Å². The molecule has 0 saturated heterocycles. The fourth-order valence-corrected chi connectivity index (χ4v) is 4.49. The third kappa shape index (κ3) is 3.16. The molecule has 162 valence electrons. The van der Waals surface area contributed by atoms with Crippen molar-refractivity contribution in [3.05, 3.63) is 89.2 Å². The first-order valence-electron chi connectivity index (χ1n) is 10.3. The van der Waals surface area contributed by atoms with E-state index in [-0.39, 0.29) is 35.6 Å². The highest BCUT2D eigenvalue weighted by Crippen LogP contribution is 2.37. The fraction of sp³-hybridized carbons (Fsp3) is 0.160. The number of quaternary nitrogens is 1. The SMILES string of the molecule is Cc1c(-c2ccccc2)oc2c1C[NH2+]C(C(=O)c1ccc3c(c1)OCO3)c1cccn1-2.[Br-]. The van der Waals surface area contributed by atoms with Crippen LogP contribution in [0, 0.1) is 6.92 Å². The smallest absolute Gasteiger partial charge is 0.231 e. The molecule has 4 aromatic rings. The molecule has 7 heteroatoms. The number of halogens is 1.